The fourth-order valence-corrected chi connectivity index (χ4v) is 2.42. The fraction of sp³-hybridized carbons (Fsp3) is 0.565. The Balaban J connectivity index is 0.000000900. The van der Waals surface area contributed by atoms with Crippen molar-refractivity contribution in [3.8, 4) is 0 Å². The monoisotopic (exact) mass is 467 g/mol. The van der Waals surface area contributed by atoms with E-state index in [2.05, 4.69) is 10.6 Å². The SMILES string of the molecule is CNC(=O)OC(C)(C)C.Cc1ccccc1C(=O)NC(CCC(N)=S)C(=O)OC(C)(C)C. The molecule has 0 aliphatic rings. The molecule has 1 aromatic carbocycles. The molecule has 0 saturated heterocycles. The average molecular weight is 468 g/mol. The van der Waals surface area contributed by atoms with Crippen molar-refractivity contribution in [3.63, 3.8) is 0 Å². The van der Waals surface area contributed by atoms with Gasteiger partial charge in [-0.1, -0.05) is 30.4 Å². The minimum atomic E-state index is -0.789. The molecule has 0 fully saturated rings. The van der Waals surface area contributed by atoms with E-state index < -0.39 is 17.6 Å². The number of benzene rings is 1. The Morgan fingerprint density at radius 1 is 1.03 bits per heavy atom. The standard InChI is InChI=1S/C17H24N2O3S.C6H13NO2/c1-11-7-5-6-8-12(11)15(20)19-13(9-10-14(18)23)16(21)22-17(2,3)4;1-6(2,3)9-5(8)7-4/h5-8,13H,9-10H2,1-4H3,(H2,18,23)(H,19,20);1-4H3,(H,7,8). The van der Waals surface area contributed by atoms with Gasteiger partial charge in [0.25, 0.3) is 5.91 Å². The summed E-state index contributed by atoms with van der Waals surface area (Å²) in [7, 11) is 1.54. The number of esters is 1. The van der Waals surface area contributed by atoms with Crippen molar-refractivity contribution in [3.05, 3.63) is 35.4 Å². The second-order valence-electron chi connectivity index (χ2n) is 9.13. The van der Waals surface area contributed by atoms with Gasteiger partial charge in [-0.15, -0.1) is 0 Å². The van der Waals surface area contributed by atoms with Gasteiger partial charge in [0.2, 0.25) is 0 Å². The number of carbonyl (C=O) groups is 3. The minimum Gasteiger partial charge on any atom is -0.458 e. The van der Waals surface area contributed by atoms with Crippen LogP contribution in [0.4, 0.5) is 4.79 Å². The lowest BCUT2D eigenvalue weighted by Crippen LogP contribution is -2.44. The van der Waals surface area contributed by atoms with Crippen molar-refractivity contribution in [2.24, 2.45) is 5.73 Å². The van der Waals surface area contributed by atoms with Gasteiger partial charge in [-0.3, -0.25) is 4.79 Å². The lowest BCUT2D eigenvalue weighted by atomic mass is 10.1. The van der Waals surface area contributed by atoms with Gasteiger partial charge in [0.1, 0.15) is 17.2 Å². The summed E-state index contributed by atoms with van der Waals surface area (Å²) < 4.78 is 10.2. The summed E-state index contributed by atoms with van der Waals surface area (Å²) in [6.07, 6.45) is 0.275. The molecule has 180 valence electrons. The van der Waals surface area contributed by atoms with Gasteiger partial charge in [0, 0.05) is 19.0 Å². The van der Waals surface area contributed by atoms with Gasteiger partial charge >= 0.3 is 12.1 Å². The van der Waals surface area contributed by atoms with Gasteiger partial charge in [-0.05, 0) is 66.5 Å². The van der Waals surface area contributed by atoms with E-state index in [4.69, 9.17) is 27.4 Å². The molecule has 0 aliphatic carbocycles. The summed E-state index contributed by atoms with van der Waals surface area (Å²) >= 11 is 4.85. The van der Waals surface area contributed by atoms with Crippen LogP contribution in [0.2, 0.25) is 0 Å². The number of thiocarbonyl (C=S) groups is 1. The smallest absolute Gasteiger partial charge is 0.407 e. The predicted octanol–water partition coefficient (Wildman–Crippen LogP) is 3.64. The van der Waals surface area contributed by atoms with Crippen molar-refractivity contribution in [2.75, 3.05) is 7.05 Å². The molecule has 0 bridgehead atoms. The van der Waals surface area contributed by atoms with Gasteiger partial charge in [0.05, 0.1) is 4.99 Å². The van der Waals surface area contributed by atoms with Gasteiger partial charge in [-0.25, -0.2) is 9.59 Å². The number of carbonyl (C=O) groups excluding carboxylic acids is 3. The van der Waals surface area contributed by atoms with Crippen molar-refractivity contribution < 1.29 is 23.9 Å². The Bertz CT molecular complexity index is 798. The Kier molecular flexibility index (Phi) is 11.9. The molecule has 0 aromatic heterocycles. The van der Waals surface area contributed by atoms with Gasteiger partial charge in [-0.2, -0.15) is 0 Å². The number of hydrogen-bond donors (Lipinski definition) is 3. The number of nitrogens with two attached hydrogens (primary N) is 1. The molecule has 8 nitrogen and oxygen atoms in total. The molecule has 0 saturated carbocycles. The molecule has 4 N–H and O–H groups in total. The maximum absolute atomic E-state index is 12.4. The first kappa shape index (κ1) is 29.3. The molecule has 0 heterocycles. The summed E-state index contributed by atoms with van der Waals surface area (Å²) in [6, 6.07) is 6.39. The van der Waals surface area contributed by atoms with E-state index in [0.29, 0.717) is 23.4 Å². The Morgan fingerprint density at radius 2 is 1.56 bits per heavy atom. The molecular formula is C23H37N3O5S. The number of nitrogens with one attached hydrogen (secondary N) is 2. The average Bonchev–Trinajstić information content (AvgIpc) is 2.62. The maximum Gasteiger partial charge on any atom is 0.407 e. The third-order valence-electron chi connectivity index (χ3n) is 3.67. The molecule has 9 heteroatoms. The Hall–Kier alpha value is -2.68. The summed E-state index contributed by atoms with van der Waals surface area (Å²) in [4.78, 5) is 35.5. The molecule has 0 spiro atoms. The number of amides is 2. The normalized spacial score (nSPS) is 11.9. The molecule has 32 heavy (non-hydrogen) atoms. The van der Waals surface area contributed by atoms with Crippen LogP contribution in [-0.2, 0) is 14.3 Å². The first-order chi connectivity index (χ1) is 14.6. The zero-order valence-electron chi connectivity index (χ0n) is 20.3. The fourth-order valence-electron chi connectivity index (χ4n) is 2.30. The number of aryl methyl sites for hydroxylation is 1. The van der Waals surface area contributed by atoms with Crippen molar-refractivity contribution in [1.82, 2.24) is 10.6 Å². The van der Waals surface area contributed by atoms with Crippen LogP contribution < -0.4 is 16.4 Å². The van der Waals surface area contributed by atoms with E-state index in [1.165, 1.54) is 7.05 Å². The first-order valence-electron chi connectivity index (χ1n) is 10.3. The summed E-state index contributed by atoms with van der Waals surface area (Å²) in [5, 5.41) is 5.08. The molecular weight excluding hydrogens is 430 g/mol. The highest BCUT2D eigenvalue weighted by molar-refractivity contribution is 7.80. The van der Waals surface area contributed by atoms with Crippen LogP contribution in [-0.4, -0.2) is 47.2 Å². The van der Waals surface area contributed by atoms with E-state index >= 15 is 0 Å². The van der Waals surface area contributed by atoms with Crippen LogP contribution in [0.5, 0.6) is 0 Å². The zero-order valence-corrected chi connectivity index (χ0v) is 21.1. The van der Waals surface area contributed by atoms with Crippen LogP contribution in [0.15, 0.2) is 24.3 Å². The molecule has 1 rings (SSSR count). The summed E-state index contributed by atoms with van der Waals surface area (Å²) in [5.74, 6) is -0.808. The van der Waals surface area contributed by atoms with Gasteiger partial charge in [0.15, 0.2) is 0 Å². The zero-order chi connectivity index (χ0) is 25.1. The molecule has 0 radical (unpaired) electrons. The molecule has 2 amide bonds. The van der Waals surface area contributed by atoms with Crippen molar-refractivity contribution in [2.45, 2.75) is 78.6 Å². The van der Waals surface area contributed by atoms with E-state index in [1.54, 1.807) is 32.9 Å². The van der Waals surface area contributed by atoms with Crippen LogP contribution in [0.25, 0.3) is 0 Å². The molecule has 1 atom stereocenters. The largest absolute Gasteiger partial charge is 0.458 e. The number of hydrogen-bond acceptors (Lipinski definition) is 6. The number of ether oxygens (including phenoxy) is 2. The van der Waals surface area contributed by atoms with Crippen molar-refractivity contribution in [1.29, 1.82) is 0 Å². The van der Waals surface area contributed by atoms with E-state index in [1.807, 2.05) is 39.8 Å². The first-order valence-corrected chi connectivity index (χ1v) is 10.7. The lowest BCUT2D eigenvalue weighted by molar-refractivity contribution is -0.157. The number of rotatable bonds is 6. The third-order valence-corrected chi connectivity index (χ3v) is 3.87. The van der Waals surface area contributed by atoms with Crippen LogP contribution in [0.1, 0.15) is 70.3 Å². The second kappa shape index (κ2) is 13.0. The lowest BCUT2D eigenvalue weighted by Gasteiger charge is -2.24. The highest BCUT2D eigenvalue weighted by Gasteiger charge is 2.27. The topological polar surface area (TPSA) is 120 Å². The maximum atomic E-state index is 12.4. The van der Waals surface area contributed by atoms with E-state index in [0.717, 1.165) is 5.56 Å². The minimum absolute atomic E-state index is 0.295. The molecule has 1 unspecified atom stereocenters. The highest BCUT2D eigenvalue weighted by Crippen LogP contribution is 2.13. The second-order valence-corrected chi connectivity index (χ2v) is 9.66. The van der Waals surface area contributed by atoms with Crippen molar-refractivity contribution >= 4 is 35.2 Å². The Labute approximate surface area is 196 Å². The molecule has 0 aliphatic heterocycles. The van der Waals surface area contributed by atoms with Crippen LogP contribution in [0, 0.1) is 6.92 Å². The quantitative estimate of drug-likeness (QED) is 0.431. The number of alkyl carbamates (subject to hydrolysis) is 1. The van der Waals surface area contributed by atoms with E-state index in [-0.39, 0.29) is 17.6 Å². The predicted molar refractivity (Wildman–Crippen MR) is 130 cm³/mol. The summed E-state index contributed by atoms with van der Waals surface area (Å²) in [6.45, 7) is 12.6. The summed E-state index contributed by atoms with van der Waals surface area (Å²) in [5.41, 5.74) is 5.84. The third kappa shape index (κ3) is 13.6. The van der Waals surface area contributed by atoms with E-state index in [9.17, 15) is 14.4 Å². The molecule has 1 aromatic rings. The van der Waals surface area contributed by atoms with Crippen LogP contribution >= 0.6 is 12.2 Å². The van der Waals surface area contributed by atoms with Crippen LogP contribution in [0.3, 0.4) is 0 Å². The van der Waals surface area contributed by atoms with Gasteiger partial charge < -0.3 is 25.8 Å². The highest BCUT2D eigenvalue weighted by atomic mass is 32.1. The Morgan fingerprint density at radius 3 is 1.97 bits per heavy atom.